The highest BCUT2D eigenvalue weighted by Gasteiger charge is 2.16. The fraction of sp³-hybridized carbons (Fsp3) is 0.200. The van der Waals surface area contributed by atoms with Crippen LogP contribution in [0.5, 0.6) is 17.2 Å². The van der Waals surface area contributed by atoms with Crippen molar-refractivity contribution in [1.29, 1.82) is 0 Å². The van der Waals surface area contributed by atoms with Crippen LogP contribution in [-0.4, -0.2) is 36.3 Å². The molecule has 0 radical (unpaired) electrons. The molecule has 0 atom stereocenters. The molecule has 22 heavy (non-hydrogen) atoms. The second-order valence-electron chi connectivity index (χ2n) is 4.64. The third-order valence-electron chi connectivity index (χ3n) is 3.30. The molecule has 114 valence electrons. The molecule has 0 aliphatic carbocycles. The number of aromatic amines is 1. The molecular weight excluding hydrogens is 284 g/mol. The van der Waals surface area contributed by atoms with Crippen molar-refractivity contribution < 1.29 is 14.2 Å². The number of anilines is 1. The number of aromatic nitrogens is 3. The summed E-state index contributed by atoms with van der Waals surface area (Å²) in [6.45, 7) is 0. The van der Waals surface area contributed by atoms with Gasteiger partial charge in [-0.05, 0) is 18.2 Å². The van der Waals surface area contributed by atoms with Crippen molar-refractivity contribution in [2.75, 3.05) is 27.1 Å². The van der Waals surface area contributed by atoms with E-state index in [0.29, 0.717) is 34.4 Å². The summed E-state index contributed by atoms with van der Waals surface area (Å²) in [6, 6.07) is 5.43. The molecular formula is C15H16N4O3. The molecule has 0 amide bonds. The van der Waals surface area contributed by atoms with Crippen molar-refractivity contribution in [3.05, 3.63) is 24.4 Å². The van der Waals surface area contributed by atoms with E-state index >= 15 is 0 Å². The first-order valence-corrected chi connectivity index (χ1v) is 6.58. The lowest BCUT2D eigenvalue weighted by Crippen LogP contribution is -1.96. The van der Waals surface area contributed by atoms with Crippen LogP contribution < -0.4 is 19.9 Å². The first-order valence-electron chi connectivity index (χ1n) is 6.58. The van der Waals surface area contributed by atoms with E-state index in [4.69, 9.17) is 19.9 Å². The van der Waals surface area contributed by atoms with Crippen molar-refractivity contribution in [3.8, 4) is 28.6 Å². The molecule has 0 spiro atoms. The van der Waals surface area contributed by atoms with E-state index in [1.165, 1.54) is 0 Å². The zero-order valence-electron chi connectivity index (χ0n) is 12.5. The second kappa shape index (κ2) is 5.44. The maximum atomic E-state index is 5.73. The number of hydrogen-bond acceptors (Lipinski definition) is 6. The number of imidazole rings is 1. The van der Waals surface area contributed by atoms with Crippen molar-refractivity contribution in [3.63, 3.8) is 0 Å². The first kappa shape index (κ1) is 14.0. The zero-order chi connectivity index (χ0) is 15.7. The number of nitrogens with zero attached hydrogens (tertiary/aromatic N) is 2. The molecule has 0 aliphatic heterocycles. The topological polar surface area (TPSA) is 95.3 Å². The minimum absolute atomic E-state index is 0.534. The van der Waals surface area contributed by atoms with Gasteiger partial charge in [-0.3, -0.25) is 0 Å². The quantitative estimate of drug-likeness (QED) is 0.767. The Labute approximate surface area is 127 Å². The molecule has 2 aromatic heterocycles. The summed E-state index contributed by atoms with van der Waals surface area (Å²) in [5, 5.41) is 0. The Bertz CT molecular complexity index is 804. The Kier molecular flexibility index (Phi) is 3.46. The van der Waals surface area contributed by atoms with Gasteiger partial charge in [0.1, 0.15) is 5.82 Å². The van der Waals surface area contributed by atoms with Crippen LogP contribution in [0.4, 0.5) is 5.69 Å². The lowest BCUT2D eigenvalue weighted by Gasteiger charge is -2.13. The maximum absolute atomic E-state index is 5.73. The van der Waals surface area contributed by atoms with Crippen LogP contribution in [0.2, 0.25) is 0 Å². The third kappa shape index (κ3) is 2.26. The SMILES string of the molecule is COc1cc(-c2nc3ncc(N)cc3[nH]2)cc(OC)c1OC. The summed E-state index contributed by atoms with van der Waals surface area (Å²) in [5.74, 6) is 2.30. The molecule has 7 nitrogen and oxygen atoms in total. The predicted molar refractivity (Wildman–Crippen MR) is 83.4 cm³/mol. The number of nitrogen functional groups attached to an aromatic ring is 1. The van der Waals surface area contributed by atoms with Gasteiger partial charge in [-0.25, -0.2) is 9.97 Å². The van der Waals surface area contributed by atoms with E-state index in [9.17, 15) is 0 Å². The molecule has 0 aliphatic rings. The molecule has 1 aromatic carbocycles. The molecule has 7 heteroatoms. The Morgan fingerprint density at radius 2 is 1.68 bits per heavy atom. The second-order valence-corrected chi connectivity index (χ2v) is 4.64. The molecule has 3 N–H and O–H groups in total. The fourth-order valence-electron chi connectivity index (χ4n) is 2.27. The highest BCUT2D eigenvalue weighted by atomic mass is 16.5. The highest BCUT2D eigenvalue weighted by molar-refractivity contribution is 5.79. The average molecular weight is 300 g/mol. The molecule has 0 unspecified atom stereocenters. The van der Waals surface area contributed by atoms with Crippen molar-refractivity contribution in [2.45, 2.75) is 0 Å². The summed E-state index contributed by atoms with van der Waals surface area (Å²) >= 11 is 0. The number of methoxy groups -OCH3 is 3. The minimum atomic E-state index is 0.534. The van der Waals surface area contributed by atoms with E-state index in [1.54, 1.807) is 33.6 Å². The molecule has 3 aromatic rings. The van der Waals surface area contributed by atoms with E-state index in [-0.39, 0.29) is 0 Å². The summed E-state index contributed by atoms with van der Waals surface area (Å²) in [4.78, 5) is 11.8. The van der Waals surface area contributed by atoms with Gasteiger partial charge in [0.2, 0.25) is 5.75 Å². The summed E-state index contributed by atoms with van der Waals surface area (Å²) < 4.78 is 16.0. The average Bonchev–Trinajstić information content (AvgIpc) is 2.96. The number of hydrogen-bond donors (Lipinski definition) is 2. The van der Waals surface area contributed by atoms with Crippen molar-refractivity contribution in [1.82, 2.24) is 15.0 Å². The number of ether oxygens (including phenoxy) is 3. The normalized spacial score (nSPS) is 10.7. The van der Waals surface area contributed by atoms with Gasteiger partial charge in [0.15, 0.2) is 17.1 Å². The molecule has 0 saturated heterocycles. The Morgan fingerprint density at radius 3 is 2.27 bits per heavy atom. The van der Waals surface area contributed by atoms with Crippen LogP contribution in [0.25, 0.3) is 22.6 Å². The van der Waals surface area contributed by atoms with Gasteiger partial charge in [-0.2, -0.15) is 0 Å². The largest absolute Gasteiger partial charge is 0.493 e. The van der Waals surface area contributed by atoms with E-state index in [1.807, 2.05) is 12.1 Å². The van der Waals surface area contributed by atoms with Crippen LogP contribution in [0.15, 0.2) is 24.4 Å². The van der Waals surface area contributed by atoms with Gasteiger partial charge in [-0.1, -0.05) is 0 Å². The fourth-order valence-corrected chi connectivity index (χ4v) is 2.27. The zero-order valence-corrected chi connectivity index (χ0v) is 12.5. The molecule has 0 fully saturated rings. The highest BCUT2D eigenvalue weighted by Crippen LogP contribution is 2.40. The van der Waals surface area contributed by atoms with Crippen molar-refractivity contribution in [2.24, 2.45) is 0 Å². The van der Waals surface area contributed by atoms with Crippen LogP contribution in [-0.2, 0) is 0 Å². The lowest BCUT2D eigenvalue weighted by molar-refractivity contribution is 0.324. The number of nitrogens with two attached hydrogens (primary N) is 1. The number of pyridine rings is 1. The van der Waals surface area contributed by atoms with Gasteiger partial charge in [0.25, 0.3) is 0 Å². The molecule has 0 saturated carbocycles. The smallest absolute Gasteiger partial charge is 0.203 e. The van der Waals surface area contributed by atoms with E-state index in [0.717, 1.165) is 11.1 Å². The van der Waals surface area contributed by atoms with Gasteiger partial charge in [0.05, 0.1) is 38.7 Å². The minimum Gasteiger partial charge on any atom is -0.493 e. The molecule has 3 rings (SSSR count). The molecule has 2 heterocycles. The van der Waals surface area contributed by atoms with Gasteiger partial charge >= 0.3 is 0 Å². The Hall–Kier alpha value is -2.96. The third-order valence-corrected chi connectivity index (χ3v) is 3.30. The number of benzene rings is 1. The van der Waals surface area contributed by atoms with Crippen molar-refractivity contribution >= 4 is 16.9 Å². The van der Waals surface area contributed by atoms with E-state index in [2.05, 4.69) is 15.0 Å². The predicted octanol–water partition coefficient (Wildman–Crippen LogP) is 2.23. The Morgan fingerprint density at radius 1 is 1.00 bits per heavy atom. The van der Waals surface area contributed by atoms with Crippen LogP contribution in [0.1, 0.15) is 0 Å². The lowest BCUT2D eigenvalue weighted by atomic mass is 10.1. The number of nitrogens with one attached hydrogen (secondary N) is 1. The van der Waals surface area contributed by atoms with E-state index < -0.39 is 0 Å². The van der Waals surface area contributed by atoms with Gasteiger partial charge in [0, 0.05) is 5.56 Å². The molecule has 0 bridgehead atoms. The number of fused-ring (bicyclic) bond motifs is 1. The monoisotopic (exact) mass is 300 g/mol. The number of rotatable bonds is 4. The standard InChI is InChI=1S/C15H16N4O3/c1-20-11-4-8(5-12(21-2)13(11)22-3)14-18-10-6-9(16)7-17-15(10)19-14/h4-7H,16H2,1-3H3,(H,17,18,19). The summed E-state index contributed by atoms with van der Waals surface area (Å²) in [7, 11) is 4.71. The Balaban J connectivity index is 2.17. The van der Waals surface area contributed by atoms with Crippen LogP contribution in [0, 0.1) is 0 Å². The van der Waals surface area contributed by atoms with Gasteiger partial charge < -0.3 is 24.9 Å². The van der Waals surface area contributed by atoms with Crippen LogP contribution >= 0.6 is 0 Å². The summed E-state index contributed by atoms with van der Waals surface area (Å²) in [6.07, 6.45) is 1.57. The first-order chi connectivity index (χ1) is 10.7. The maximum Gasteiger partial charge on any atom is 0.203 e. The summed E-state index contributed by atoms with van der Waals surface area (Å²) in [5.41, 5.74) is 8.47. The van der Waals surface area contributed by atoms with Gasteiger partial charge in [-0.15, -0.1) is 0 Å². The van der Waals surface area contributed by atoms with Crippen LogP contribution in [0.3, 0.4) is 0 Å². The number of H-pyrrole nitrogens is 1.